The highest BCUT2D eigenvalue weighted by atomic mass is 16.5. The number of amides is 3. The van der Waals surface area contributed by atoms with Crippen LogP contribution < -0.4 is 19.9 Å². The molecule has 198 valence electrons. The maximum absolute atomic E-state index is 13.2. The standard InChI is InChI=1S/C29H31N3O6/c1-36-25-12-6-8-21(27(25)37-2)18-26(33)31-13-15-32(16-14-31)29(35)22-9-5-7-20(17-22)19-38-24-11-4-3-10-23(24)28(30)34/h3-12,17H,13-16,18-19H2,1-2H3,(H2,30,34). The number of hydrogen-bond donors (Lipinski definition) is 1. The molecule has 0 spiro atoms. The third-order valence-electron chi connectivity index (χ3n) is 6.47. The second-order valence-electron chi connectivity index (χ2n) is 8.85. The number of ether oxygens (including phenoxy) is 3. The molecule has 3 aromatic rings. The monoisotopic (exact) mass is 517 g/mol. The molecule has 3 amide bonds. The average Bonchev–Trinajstić information content (AvgIpc) is 2.95. The summed E-state index contributed by atoms with van der Waals surface area (Å²) in [6, 6.07) is 19.4. The van der Waals surface area contributed by atoms with Crippen molar-refractivity contribution in [1.82, 2.24) is 9.80 Å². The van der Waals surface area contributed by atoms with Gasteiger partial charge in [0.25, 0.3) is 11.8 Å². The number of methoxy groups -OCH3 is 2. The highest BCUT2D eigenvalue weighted by Crippen LogP contribution is 2.31. The molecule has 4 rings (SSSR count). The van der Waals surface area contributed by atoms with Crippen molar-refractivity contribution in [2.24, 2.45) is 5.73 Å². The van der Waals surface area contributed by atoms with Gasteiger partial charge in [-0.2, -0.15) is 0 Å². The highest BCUT2D eigenvalue weighted by molar-refractivity contribution is 5.96. The van der Waals surface area contributed by atoms with Crippen LogP contribution in [0.5, 0.6) is 17.2 Å². The van der Waals surface area contributed by atoms with Crippen LogP contribution in [0.25, 0.3) is 0 Å². The van der Waals surface area contributed by atoms with Crippen molar-refractivity contribution in [3.05, 3.63) is 89.0 Å². The van der Waals surface area contributed by atoms with E-state index in [1.807, 2.05) is 18.2 Å². The molecule has 0 aliphatic carbocycles. The van der Waals surface area contributed by atoms with E-state index in [0.29, 0.717) is 54.6 Å². The molecule has 1 saturated heterocycles. The molecule has 1 aliphatic rings. The molecule has 0 saturated carbocycles. The Morgan fingerprint density at radius 3 is 2.21 bits per heavy atom. The zero-order valence-electron chi connectivity index (χ0n) is 21.5. The molecule has 0 unspecified atom stereocenters. The van der Waals surface area contributed by atoms with E-state index in [4.69, 9.17) is 19.9 Å². The van der Waals surface area contributed by atoms with E-state index in [1.54, 1.807) is 72.6 Å². The van der Waals surface area contributed by atoms with Gasteiger partial charge in [0.15, 0.2) is 11.5 Å². The lowest BCUT2D eigenvalue weighted by atomic mass is 10.1. The number of carbonyl (C=O) groups excluding carboxylic acids is 3. The second kappa shape index (κ2) is 12.1. The maximum Gasteiger partial charge on any atom is 0.253 e. The van der Waals surface area contributed by atoms with Crippen LogP contribution in [0.1, 0.15) is 31.8 Å². The number of primary amides is 1. The van der Waals surface area contributed by atoms with Crippen LogP contribution in [0.15, 0.2) is 66.7 Å². The molecule has 0 radical (unpaired) electrons. The Labute approximate surface area is 221 Å². The number of para-hydroxylation sites is 2. The summed E-state index contributed by atoms with van der Waals surface area (Å²) >= 11 is 0. The maximum atomic E-state index is 13.2. The summed E-state index contributed by atoms with van der Waals surface area (Å²) in [5.74, 6) is 0.830. The zero-order valence-corrected chi connectivity index (χ0v) is 21.5. The van der Waals surface area contributed by atoms with Crippen molar-refractivity contribution in [3.8, 4) is 17.2 Å². The minimum absolute atomic E-state index is 0.0287. The van der Waals surface area contributed by atoms with E-state index in [-0.39, 0.29) is 24.8 Å². The van der Waals surface area contributed by atoms with Gasteiger partial charge in [0, 0.05) is 37.3 Å². The Balaban J connectivity index is 1.34. The lowest BCUT2D eigenvalue weighted by molar-refractivity contribution is -0.131. The second-order valence-corrected chi connectivity index (χ2v) is 8.85. The lowest BCUT2D eigenvalue weighted by Crippen LogP contribution is -2.51. The molecule has 0 aromatic heterocycles. The molecule has 9 nitrogen and oxygen atoms in total. The molecule has 2 N–H and O–H groups in total. The van der Waals surface area contributed by atoms with E-state index in [9.17, 15) is 14.4 Å². The summed E-state index contributed by atoms with van der Waals surface area (Å²) in [7, 11) is 3.11. The van der Waals surface area contributed by atoms with Crippen LogP contribution in [0.4, 0.5) is 0 Å². The van der Waals surface area contributed by atoms with Gasteiger partial charge in [0.2, 0.25) is 5.91 Å². The third kappa shape index (κ3) is 6.05. The topological polar surface area (TPSA) is 111 Å². The van der Waals surface area contributed by atoms with Crippen molar-refractivity contribution in [2.45, 2.75) is 13.0 Å². The summed E-state index contributed by atoms with van der Waals surface area (Å²) in [6.45, 7) is 1.95. The summed E-state index contributed by atoms with van der Waals surface area (Å²) in [6.07, 6.45) is 0.190. The molecule has 3 aromatic carbocycles. The van der Waals surface area contributed by atoms with Crippen LogP contribution in [-0.4, -0.2) is 67.9 Å². The molecule has 9 heteroatoms. The van der Waals surface area contributed by atoms with E-state index >= 15 is 0 Å². The number of nitrogens with zero attached hydrogens (tertiary/aromatic N) is 2. The van der Waals surface area contributed by atoms with Gasteiger partial charge in [-0.05, 0) is 35.9 Å². The fraction of sp³-hybridized carbons (Fsp3) is 0.276. The molecular weight excluding hydrogens is 486 g/mol. The van der Waals surface area contributed by atoms with Gasteiger partial charge in [-0.25, -0.2) is 0 Å². The smallest absolute Gasteiger partial charge is 0.253 e. The van der Waals surface area contributed by atoms with Gasteiger partial charge in [-0.3, -0.25) is 14.4 Å². The zero-order chi connectivity index (χ0) is 27.1. The minimum atomic E-state index is -0.565. The van der Waals surface area contributed by atoms with Crippen LogP contribution >= 0.6 is 0 Å². The molecular formula is C29H31N3O6. The summed E-state index contributed by atoms with van der Waals surface area (Å²) in [4.78, 5) is 41.3. The summed E-state index contributed by atoms with van der Waals surface area (Å²) < 4.78 is 16.6. The molecule has 38 heavy (non-hydrogen) atoms. The Morgan fingerprint density at radius 1 is 0.816 bits per heavy atom. The van der Waals surface area contributed by atoms with E-state index in [1.165, 1.54) is 0 Å². The normalized spacial score (nSPS) is 13.1. The van der Waals surface area contributed by atoms with Gasteiger partial charge in [-0.1, -0.05) is 36.4 Å². The van der Waals surface area contributed by atoms with Gasteiger partial charge >= 0.3 is 0 Å². The first kappa shape index (κ1) is 26.5. The van der Waals surface area contributed by atoms with Crippen molar-refractivity contribution < 1.29 is 28.6 Å². The molecule has 1 aliphatic heterocycles. The Kier molecular flexibility index (Phi) is 8.47. The first-order valence-corrected chi connectivity index (χ1v) is 12.3. The number of rotatable bonds is 9. The average molecular weight is 518 g/mol. The lowest BCUT2D eigenvalue weighted by Gasteiger charge is -2.35. The first-order valence-electron chi connectivity index (χ1n) is 12.3. The van der Waals surface area contributed by atoms with E-state index in [0.717, 1.165) is 11.1 Å². The van der Waals surface area contributed by atoms with E-state index in [2.05, 4.69) is 0 Å². The molecule has 0 atom stereocenters. The van der Waals surface area contributed by atoms with Crippen molar-refractivity contribution >= 4 is 17.7 Å². The first-order chi connectivity index (χ1) is 18.4. The molecule has 1 heterocycles. The fourth-order valence-corrected chi connectivity index (χ4v) is 4.46. The van der Waals surface area contributed by atoms with Crippen molar-refractivity contribution in [3.63, 3.8) is 0 Å². The Morgan fingerprint density at radius 2 is 1.50 bits per heavy atom. The quantitative estimate of drug-likeness (QED) is 0.467. The van der Waals surface area contributed by atoms with Gasteiger partial charge in [0.05, 0.1) is 26.2 Å². The molecule has 0 bridgehead atoms. The van der Waals surface area contributed by atoms with Crippen molar-refractivity contribution in [1.29, 1.82) is 0 Å². The van der Waals surface area contributed by atoms with Crippen LogP contribution in [0.2, 0.25) is 0 Å². The molecule has 1 fully saturated rings. The number of benzene rings is 3. The van der Waals surface area contributed by atoms with E-state index < -0.39 is 5.91 Å². The number of carbonyl (C=O) groups is 3. The Hall–Kier alpha value is -4.53. The summed E-state index contributed by atoms with van der Waals surface area (Å²) in [5, 5.41) is 0. The number of hydrogen-bond acceptors (Lipinski definition) is 6. The predicted octanol–water partition coefficient (Wildman–Crippen LogP) is 2.91. The van der Waals surface area contributed by atoms with Crippen LogP contribution in [-0.2, 0) is 17.8 Å². The number of nitrogens with two attached hydrogens (primary N) is 1. The number of piperazine rings is 1. The highest BCUT2D eigenvalue weighted by Gasteiger charge is 2.26. The summed E-state index contributed by atoms with van der Waals surface area (Å²) in [5.41, 5.74) is 7.80. The van der Waals surface area contributed by atoms with Gasteiger partial charge in [0.1, 0.15) is 12.4 Å². The van der Waals surface area contributed by atoms with Gasteiger partial charge < -0.3 is 29.7 Å². The third-order valence-corrected chi connectivity index (χ3v) is 6.47. The van der Waals surface area contributed by atoms with Crippen LogP contribution in [0, 0.1) is 0 Å². The minimum Gasteiger partial charge on any atom is -0.493 e. The Bertz CT molecular complexity index is 1320. The predicted molar refractivity (Wildman–Crippen MR) is 141 cm³/mol. The van der Waals surface area contributed by atoms with Crippen LogP contribution in [0.3, 0.4) is 0 Å². The SMILES string of the molecule is COc1cccc(CC(=O)N2CCN(C(=O)c3cccc(COc4ccccc4C(N)=O)c3)CC2)c1OC. The largest absolute Gasteiger partial charge is 0.493 e. The van der Waals surface area contributed by atoms with Gasteiger partial charge in [-0.15, -0.1) is 0 Å². The fourth-order valence-electron chi connectivity index (χ4n) is 4.46. The van der Waals surface area contributed by atoms with Crippen molar-refractivity contribution in [2.75, 3.05) is 40.4 Å².